The van der Waals surface area contributed by atoms with Crippen LogP contribution in [-0.2, 0) is 15.5 Å². The summed E-state index contributed by atoms with van der Waals surface area (Å²) < 4.78 is 22.7. The van der Waals surface area contributed by atoms with Gasteiger partial charge in [0.1, 0.15) is 0 Å². The van der Waals surface area contributed by atoms with E-state index in [4.69, 9.17) is 10.7 Å². The van der Waals surface area contributed by atoms with Crippen LogP contribution in [0.4, 0.5) is 0 Å². The monoisotopic (exact) mass is 331 g/mol. The van der Waals surface area contributed by atoms with E-state index in [1.807, 2.05) is 6.92 Å². The summed E-state index contributed by atoms with van der Waals surface area (Å²) in [7, 11) is 1.51. The fraction of sp³-hybridized carbons (Fsp3) is 0.533. The van der Waals surface area contributed by atoms with Crippen molar-refractivity contribution in [1.29, 1.82) is 0 Å². The van der Waals surface area contributed by atoms with Gasteiger partial charge in [0.15, 0.2) is 0 Å². The third-order valence-corrected chi connectivity index (χ3v) is 4.66. The standard InChI is InChI=1S/C15H22ClNO3S/c1-3-5-6-7-10-17-15(18)14-11-13(21(16,19)20)9-8-12(14)4-2/h8-9,11H,3-7,10H2,1-2H3,(H,17,18). The van der Waals surface area contributed by atoms with Crippen LogP contribution in [0.2, 0.25) is 0 Å². The lowest BCUT2D eigenvalue weighted by Gasteiger charge is -2.10. The number of hydrogen-bond acceptors (Lipinski definition) is 3. The Morgan fingerprint density at radius 1 is 1.19 bits per heavy atom. The number of rotatable bonds is 8. The lowest BCUT2D eigenvalue weighted by molar-refractivity contribution is 0.0952. The molecule has 0 aliphatic heterocycles. The molecule has 0 bridgehead atoms. The average molecular weight is 332 g/mol. The van der Waals surface area contributed by atoms with Crippen molar-refractivity contribution in [3.63, 3.8) is 0 Å². The first-order valence-electron chi connectivity index (χ1n) is 7.26. The van der Waals surface area contributed by atoms with Gasteiger partial charge in [-0.15, -0.1) is 0 Å². The van der Waals surface area contributed by atoms with Gasteiger partial charge in [-0.3, -0.25) is 4.79 Å². The van der Waals surface area contributed by atoms with Gasteiger partial charge in [0.25, 0.3) is 15.0 Å². The van der Waals surface area contributed by atoms with Gasteiger partial charge in [-0.1, -0.05) is 39.2 Å². The Morgan fingerprint density at radius 2 is 1.90 bits per heavy atom. The Balaban J connectivity index is 2.82. The van der Waals surface area contributed by atoms with Crippen molar-refractivity contribution >= 4 is 25.6 Å². The molecule has 21 heavy (non-hydrogen) atoms. The van der Waals surface area contributed by atoms with E-state index in [2.05, 4.69) is 12.2 Å². The van der Waals surface area contributed by atoms with Crippen molar-refractivity contribution < 1.29 is 13.2 Å². The maximum Gasteiger partial charge on any atom is 0.261 e. The zero-order chi connectivity index (χ0) is 15.9. The first-order valence-corrected chi connectivity index (χ1v) is 9.56. The number of amides is 1. The smallest absolute Gasteiger partial charge is 0.261 e. The number of carbonyl (C=O) groups is 1. The number of unbranched alkanes of at least 4 members (excludes halogenated alkanes) is 3. The Morgan fingerprint density at radius 3 is 2.48 bits per heavy atom. The number of nitrogens with one attached hydrogen (secondary N) is 1. The molecule has 118 valence electrons. The summed E-state index contributed by atoms with van der Waals surface area (Å²) in [6.07, 6.45) is 4.95. The highest BCUT2D eigenvalue weighted by Gasteiger charge is 2.16. The van der Waals surface area contributed by atoms with Gasteiger partial charge in [0.2, 0.25) is 0 Å². The van der Waals surface area contributed by atoms with Crippen LogP contribution in [0.3, 0.4) is 0 Å². The van der Waals surface area contributed by atoms with Crippen LogP contribution < -0.4 is 5.32 Å². The third-order valence-electron chi connectivity index (χ3n) is 3.30. The van der Waals surface area contributed by atoms with Crippen LogP contribution in [0.25, 0.3) is 0 Å². The van der Waals surface area contributed by atoms with E-state index in [-0.39, 0.29) is 10.8 Å². The summed E-state index contributed by atoms with van der Waals surface area (Å²) in [5.74, 6) is -0.245. The van der Waals surface area contributed by atoms with E-state index >= 15 is 0 Å². The largest absolute Gasteiger partial charge is 0.352 e. The Hall–Kier alpha value is -1.07. The first kappa shape index (κ1) is 18.0. The number of aryl methyl sites for hydroxylation is 1. The first-order chi connectivity index (χ1) is 9.90. The predicted octanol–water partition coefficient (Wildman–Crippen LogP) is 3.49. The molecule has 1 aromatic rings. The quantitative estimate of drug-likeness (QED) is 0.586. The molecule has 6 heteroatoms. The maximum atomic E-state index is 12.2. The normalized spacial score (nSPS) is 11.4. The van der Waals surface area contributed by atoms with Crippen LogP contribution in [0.1, 0.15) is 55.5 Å². The highest BCUT2D eigenvalue weighted by molar-refractivity contribution is 8.13. The molecule has 0 unspecified atom stereocenters. The second-order valence-corrected chi connectivity index (χ2v) is 7.49. The molecule has 0 fully saturated rings. The van der Waals surface area contributed by atoms with Crippen LogP contribution >= 0.6 is 10.7 Å². The van der Waals surface area contributed by atoms with Crippen LogP contribution in [0.15, 0.2) is 23.1 Å². The molecule has 0 saturated heterocycles. The minimum Gasteiger partial charge on any atom is -0.352 e. The van der Waals surface area contributed by atoms with Crippen molar-refractivity contribution in [2.75, 3.05) is 6.54 Å². The van der Waals surface area contributed by atoms with E-state index in [0.29, 0.717) is 18.5 Å². The van der Waals surface area contributed by atoms with Gasteiger partial charge < -0.3 is 5.32 Å². The maximum absolute atomic E-state index is 12.2. The summed E-state index contributed by atoms with van der Waals surface area (Å²) >= 11 is 0. The summed E-state index contributed by atoms with van der Waals surface area (Å²) in [5.41, 5.74) is 1.19. The molecule has 0 radical (unpaired) electrons. The van der Waals surface area contributed by atoms with Gasteiger partial charge >= 0.3 is 0 Å². The lowest BCUT2D eigenvalue weighted by Crippen LogP contribution is -2.25. The van der Waals surface area contributed by atoms with E-state index in [9.17, 15) is 13.2 Å². The molecule has 0 aliphatic carbocycles. The summed E-state index contributed by atoms with van der Waals surface area (Å²) in [4.78, 5) is 12.1. The molecular weight excluding hydrogens is 310 g/mol. The number of benzene rings is 1. The summed E-state index contributed by atoms with van der Waals surface area (Å²) in [6.45, 7) is 4.65. The molecule has 0 saturated carbocycles. The average Bonchev–Trinajstić information content (AvgIpc) is 2.45. The lowest BCUT2D eigenvalue weighted by atomic mass is 10.0. The van der Waals surface area contributed by atoms with E-state index in [1.165, 1.54) is 12.1 Å². The minimum absolute atomic E-state index is 0.0440. The van der Waals surface area contributed by atoms with Gasteiger partial charge in [0, 0.05) is 22.8 Å². The van der Waals surface area contributed by atoms with Crippen molar-refractivity contribution in [3.8, 4) is 0 Å². The second-order valence-electron chi connectivity index (χ2n) is 4.93. The van der Waals surface area contributed by atoms with E-state index in [0.717, 1.165) is 31.2 Å². The van der Waals surface area contributed by atoms with Crippen LogP contribution in [-0.4, -0.2) is 20.9 Å². The summed E-state index contributed by atoms with van der Waals surface area (Å²) in [6, 6.07) is 4.42. The van der Waals surface area contributed by atoms with E-state index < -0.39 is 9.05 Å². The van der Waals surface area contributed by atoms with Crippen molar-refractivity contribution in [1.82, 2.24) is 5.32 Å². The minimum atomic E-state index is -3.82. The molecule has 0 atom stereocenters. The number of halogens is 1. The van der Waals surface area contributed by atoms with Gasteiger partial charge in [-0.2, -0.15) is 0 Å². The predicted molar refractivity (Wildman–Crippen MR) is 85.3 cm³/mol. The van der Waals surface area contributed by atoms with Crippen molar-refractivity contribution in [2.45, 2.75) is 50.8 Å². The second kappa shape index (κ2) is 8.39. The molecule has 1 aromatic carbocycles. The zero-order valence-electron chi connectivity index (χ0n) is 12.5. The molecule has 1 N–H and O–H groups in total. The van der Waals surface area contributed by atoms with Crippen molar-refractivity contribution in [3.05, 3.63) is 29.3 Å². The van der Waals surface area contributed by atoms with Gasteiger partial charge in [0.05, 0.1) is 4.90 Å². The highest BCUT2D eigenvalue weighted by atomic mass is 35.7. The molecular formula is C15H22ClNO3S. The SMILES string of the molecule is CCCCCCNC(=O)c1cc(S(=O)(=O)Cl)ccc1CC. The fourth-order valence-electron chi connectivity index (χ4n) is 2.08. The molecule has 0 aliphatic rings. The molecule has 1 rings (SSSR count). The van der Waals surface area contributed by atoms with Crippen LogP contribution in [0, 0.1) is 0 Å². The van der Waals surface area contributed by atoms with Gasteiger partial charge in [-0.05, 0) is 30.5 Å². The van der Waals surface area contributed by atoms with Gasteiger partial charge in [-0.25, -0.2) is 8.42 Å². The molecule has 0 heterocycles. The number of carbonyl (C=O) groups excluding carboxylic acids is 1. The third kappa shape index (κ3) is 5.67. The molecule has 0 spiro atoms. The zero-order valence-corrected chi connectivity index (χ0v) is 14.1. The Kier molecular flexibility index (Phi) is 7.18. The van der Waals surface area contributed by atoms with E-state index in [1.54, 1.807) is 6.07 Å². The summed E-state index contributed by atoms with van der Waals surface area (Å²) in [5, 5.41) is 2.83. The number of hydrogen-bond donors (Lipinski definition) is 1. The fourth-order valence-corrected chi connectivity index (χ4v) is 2.85. The topological polar surface area (TPSA) is 63.2 Å². The molecule has 0 aromatic heterocycles. The van der Waals surface area contributed by atoms with Crippen LogP contribution in [0.5, 0.6) is 0 Å². The Labute approximate surface area is 131 Å². The molecule has 4 nitrogen and oxygen atoms in total. The Bertz CT molecular complexity index is 585. The molecule has 1 amide bonds. The van der Waals surface area contributed by atoms with Crippen molar-refractivity contribution in [2.24, 2.45) is 0 Å². The highest BCUT2D eigenvalue weighted by Crippen LogP contribution is 2.20.